The van der Waals surface area contributed by atoms with Crippen molar-refractivity contribution in [3.8, 4) is 11.6 Å². The first-order chi connectivity index (χ1) is 32.4. The number of rotatable bonds is 14. The number of alkyl carbamates (subject to hydrolysis) is 1. The third-order valence-corrected chi connectivity index (χ3v) is 22.1. The van der Waals surface area contributed by atoms with Crippen molar-refractivity contribution in [3.05, 3.63) is 54.6 Å². The smallest absolute Gasteiger partial charge is 0.408 e. The van der Waals surface area contributed by atoms with Gasteiger partial charge in [0, 0.05) is 24.3 Å². The Morgan fingerprint density at radius 3 is 2.44 bits per heavy atom. The van der Waals surface area contributed by atoms with Gasteiger partial charge in [-0.2, -0.15) is 0 Å². The van der Waals surface area contributed by atoms with Crippen LogP contribution in [0.25, 0.3) is 10.9 Å². The number of benzene rings is 1. The summed E-state index contributed by atoms with van der Waals surface area (Å²) in [6.07, 6.45) is 14.8. The molecule has 4 saturated carbocycles. The molecule has 0 radical (unpaired) electrons. The monoisotopic (exact) mass is 975 g/mol. The van der Waals surface area contributed by atoms with E-state index in [1.54, 1.807) is 0 Å². The highest BCUT2D eigenvalue weighted by atomic mass is 32.2. The van der Waals surface area contributed by atoms with E-state index in [4.69, 9.17) is 23.6 Å². The standard InChI is InChI=1S/C51H73N5O10SSi/c1-7-35-31-51(35,48(59)55-67(61,62)37-26-27-37)54-45(57)41-30-36-32-56(41)47(58)43(34-19-11-12-20-34)53-49(60)66-42-25-17-21-33(42)18-9-8-10-23-39-44(38-22-13-14-24-40(38)52-46(39)65-36)63-28-15-16-29-64-68(5,6)50(2,3)4/h7-8,10,13-14,22,24,33-37,41-43H,1,9,11-12,15-21,23,25-32H2,2-6H3,(H,53,60)(H,54,57)(H,55,59)/b10-8-/t33-,35-,36-,41+,42-,43+,51-/m1/s1. The molecular weight excluding hydrogens is 903 g/mol. The quantitative estimate of drug-likeness (QED) is 0.0952. The zero-order chi connectivity index (χ0) is 48.4. The molecule has 1 saturated heterocycles. The van der Waals surface area contributed by atoms with Crippen molar-refractivity contribution in [1.82, 2.24) is 25.2 Å². The SMILES string of the molecule is C=C[C@@H]1C[C@]1(NC(=O)[C@@H]1C[C@@H]2CN1C(=O)[C@H](C1CCCC1)NC(=O)O[C@@H]1CCC[C@H]1CC/C=C\Cc1c(nc3ccccc3c1OCCCCO[Si](C)(C)C(C)(C)C)O2)C(=O)NS(=O)(=O)C1CC1. The molecule has 0 spiro atoms. The van der Waals surface area contributed by atoms with Gasteiger partial charge >= 0.3 is 6.09 Å². The van der Waals surface area contributed by atoms with E-state index in [9.17, 15) is 22.8 Å². The van der Waals surface area contributed by atoms with Crippen LogP contribution in [0.15, 0.2) is 49.1 Å². The molecule has 1 aromatic carbocycles. The number of hydrogen-bond acceptors (Lipinski definition) is 11. The number of sulfonamides is 1. The number of ether oxygens (including phenoxy) is 3. The van der Waals surface area contributed by atoms with Crippen LogP contribution in [0.5, 0.6) is 11.6 Å². The number of allylic oxidation sites excluding steroid dienone is 2. The first-order valence-electron chi connectivity index (χ1n) is 25.2. The second-order valence-corrected chi connectivity index (χ2v) is 28.4. The maximum Gasteiger partial charge on any atom is 0.408 e. The zero-order valence-corrected chi connectivity index (χ0v) is 42.5. The van der Waals surface area contributed by atoms with E-state index in [1.807, 2.05) is 24.3 Å². The highest BCUT2D eigenvalue weighted by Crippen LogP contribution is 2.46. The molecule has 7 atom stereocenters. The Morgan fingerprint density at radius 2 is 1.72 bits per heavy atom. The average Bonchev–Trinajstić information content (AvgIpc) is 4.08. The number of hydrogen-bond donors (Lipinski definition) is 3. The minimum Gasteiger partial charge on any atom is -0.492 e. The lowest BCUT2D eigenvalue weighted by molar-refractivity contribution is -0.142. The number of fused-ring (bicyclic) bond motifs is 5. The highest BCUT2D eigenvalue weighted by Gasteiger charge is 2.62. The van der Waals surface area contributed by atoms with Gasteiger partial charge in [-0.25, -0.2) is 18.2 Å². The van der Waals surface area contributed by atoms with E-state index >= 15 is 4.79 Å². The largest absolute Gasteiger partial charge is 0.492 e. The number of para-hydroxylation sites is 1. The molecule has 68 heavy (non-hydrogen) atoms. The molecule has 4 amide bonds. The van der Waals surface area contributed by atoms with Crippen molar-refractivity contribution in [2.75, 3.05) is 19.8 Å². The highest BCUT2D eigenvalue weighted by molar-refractivity contribution is 7.91. The van der Waals surface area contributed by atoms with Crippen LogP contribution < -0.4 is 24.8 Å². The molecule has 8 rings (SSSR count). The maximum absolute atomic E-state index is 15.1. The normalized spacial score (nSPS) is 28.8. The summed E-state index contributed by atoms with van der Waals surface area (Å²) in [5.41, 5.74) is -0.140. The molecule has 1 aromatic heterocycles. The number of unbranched alkanes of at least 4 members (excludes halogenated alkanes) is 1. The number of pyridine rings is 1. The summed E-state index contributed by atoms with van der Waals surface area (Å²) in [6, 6.07) is 5.68. The lowest BCUT2D eigenvalue weighted by Gasteiger charge is -2.36. The molecule has 372 valence electrons. The first kappa shape index (κ1) is 49.9. The minimum absolute atomic E-state index is 0.0179. The van der Waals surface area contributed by atoms with Gasteiger partial charge in [0.15, 0.2) is 8.32 Å². The average molecular weight is 976 g/mol. The van der Waals surface area contributed by atoms with Gasteiger partial charge in [-0.15, -0.1) is 6.58 Å². The van der Waals surface area contributed by atoms with Gasteiger partial charge in [0.2, 0.25) is 27.7 Å². The Balaban J connectivity index is 1.12. The summed E-state index contributed by atoms with van der Waals surface area (Å²) < 4.78 is 54.3. The van der Waals surface area contributed by atoms with Gasteiger partial charge < -0.3 is 34.2 Å². The van der Waals surface area contributed by atoms with Crippen LogP contribution in [0, 0.1) is 17.8 Å². The molecule has 3 N–H and O–H groups in total. The first-order valence-corrected chi connectivity index (χ1v) is 29.6. The van der Waals surface area contributed by atoms with Crippen molar-refractivity contribution in [3.63, 3.8) is 0 Å². The van der Waals surface area contributed by atoms with Crippen LogP contribution in [0.2, 0.25) is 18.1 Å². The summed E-state index contributed by atoms with van der Waals surface area (Å²) >= 11 is 0. The summed E-state index contributed by atoms with van der Waals surface area (Å²) in [5.74, 6) is -1.42. The van der Waals surface area contributed by atoms with E-state index in [2.05, 4.69) is 68.0 Å². The van der Waals surface area contributed by atoms with Gasteiger partial charge in [0.25, 0.3) is 5.91 Å². The molecule has 6 aliphatic rings. The summed E-state index contributed by atoms with van der Waals surface area (Å²) in [7, 11) is -5.82. The third kappa shape index (κ3) is 11.1. The van der Waals surface area contributed by atoms with Crippen LogP contribution in [-0.4, -0.2) is 105 Å². The topological polar surface area (TPSA) is 192 Å². The Kier molecular flexibility index (Phi) is 15.0. The summed E-state index contributed by atoms with van der Waals surface area (Å²) in [6.45, 7) is 16.2. The molecule has 15 nitrogen and oxygen atoms in total. The van der Waals surface area contributed by atoms with Gasteiger partial charge in [-0.1, -0.05) is 64.0 Å². The molecule has 0 unspecified atom stereocenters. The second-order valence-electron chi connectivity index (χ2n) is 21.6. The fourth-order valence-corrected chi connectivity index (χ4v) is 12.8. The van der Waals surface area contributed by atoms with Gasteiger partial charge in [-0.05, 0) is 126 Å². The Hall–Kier alpha value is -4.48. The molecule has 4 aliphatic carbocycles. The fraction of sp³-hybridized carbons (Fsp3) is 0.667. The molecular formula is C51H73N5O10SSi. The number of nitrogens with zero attached hydrogens (tertiary/aromatic N) is 2. The molecule has 2 bridgehead atoms. The van der Waals surface area contributed by atoms with Crippen LogP contribution in [0.3, 0.4) is 0 Å². The van der Waals surface area contributed by atoms with E-state index in [0.717, 1.165) is 81.6 Å². The lowest BCUT2D eigenvalue weighted by atomic mass is 9.96. The van der Waals surface area contributed by atoms with Gasteiger partial charge in [0.05, 0.1) is 29.5 Å². The van der Waals surface area contributed by atoms with Crippen LogP contribution >= 0.6 is 0 Å². The Labute approximate surface area is 403 Å². The zero-order valence-electron chi connectivity index (χ0n) is 40.7. The second kappa shape index (κ2) is 20.5. The molecule has 2 aliphatic heterocycles. The van der Waals surface area contributed by atoms with E-state index in [1.165, 1.54) is 11.0 Å². The molecule has 3 heterocycles. The third-order valence-electron chi connectivity index (χ3n) is 15.8. The molecule has 2 aromatic rings. The van der Waals surface area contributed by atoms with Crippen molar-refractivity contribution in [2.45, 2.75) is 177 Å². The summed E-state index contributed by atoms with van der Waals surface area (Å²) in [5, 5.41) is 6.19. The predicted octanol–water partition coefficient (Wildman–Crippen LogP) is 7.78. The van der Waals surface area contributed by atoms with E-state index in [0.29, 0.717) is 49.6 Å². The van der Waals surface area contributed by atoms with Crippen molar-refractivity contribution in [1.29, 1.82) is 0 Å². The van der Waals surface area contributed by atoms with E-state index < -0.39 is 77.0 Å². The van der Waals surface area contributed by atoms with Crippen LogP contribution in [-0.2, 0) is 40.0 Å². The molecule has 5 fully saturated rings. The number of carbonyl (C=O) groups is 4. The van der Waals surface area contributed by atoms with Gasteiger partial charge in [0.1, 0.15) is 35.6 Å². The lowest BCUT2D eigenvalue weighted by Crippen LogP contribution is -2.59. The Bertz CT molecular complexity index is 2360. The Morgan fingerprint density at radius 1 is 0.985 bits per heavy atom. The number of nitrogens with one attached hydrogen (secondary N) is 3. The van der Waals surface area contributed by atoms with Crippen molar-refractivity contribution >= 4 is 53.1 Å². The number of aromatic nitrogens is 1. The van der Waals surface area contributed by atoms with Crippen molar-refractivity contribution in [2.24, 2.45) is 17.8 Å². The number of carbonyl (C=O) groups excluding carboxylic acids is 4. The molecule has 17 heteroatoms. The number of amides is 4. The van der Waals surface area contributed by atoms with Crippen molar-refractivity contribution < 1.29 is 46.2 Å². The van der Waals surface area contributed by atoms with E-state index in [-0.39, 0.29) is 42.4 Å². The summed E-state index contributed by atoms with van der Waals surface area (Å²) in [4.78, 5) is 64.0. The predicted molar refractivity (Wildman–Crippen MR) is 262 cm³/mol. The minimum atomic E-state index is -3.92. The maximum atomic E-state index is 15.1. The van der Waals surface area contributed by atoms with Gasteiger partial charge in [-0.3, -0.25) is 19.1 Å². The fourth-order valence-electron chi connectivity index (χ4n) is 10.4. The van der Waals surface area contributed by atoms with Crippen LogP contribution in [0.4, 0.5) is 4.79 Å². The van der Waals surface area contributed by atoms with Crippen LogP contribution in [0.1, 0.15) is 123 Å².